The van der Waals surface area contributed by atoms with Gasteiger partial charge in [0.1, 0.15) is 40.9 Å². The Morgan fingerprint density at radius 2 is 1.56 bits per heavy atom. The molecule has 7 rings (SSSR count). The molecule has 0 radical (unpaired) electrons. The van der Waals surface area contributed by atoms with Crippen molar-refractivity contribution in [2.75, 3.05) is 43.7 Å². The van der Waals surface area contributed by atoms with Crippen molar-refractivity contribution in [1.29, 1.82) is 0 Å². The van der Waals surface area contributed by atoms with Crippen molar-refractivity contribution in [3.63, 3.8) is 0 Å². The van der Waals surface area contributed by atoms with Gasteiger partial charge in [0.25, 0.3) is 0 Å². The predicted molar refractivity (Wildman–Crippen MR) is 231 cm³/mol. The first-order valence-corrected chi connectivity index (χ1v) is 21.0. The molecule has 0 unspecified atom stereocenters. The van der Waals surface area contributed by atoms with Gasteiger partial charge < -0.3 is 33.6 Å². The topological polar surface area (TPSA) is 102 Å². The average molecular weight is 900 g/mol. The Bertz CT molecular complexity index is 2400. The van der Waals surface area contributed by atoms with Gasteiger partial charge in [0.2, 0.25) is 5.28 Å². The van der Waals surface area contributed by atoms with E-state index in [0.29, 0.717) is 30.9 Å². The Morgan fingerprint density at radius 3 is 2.11 bits per heavy atom. The van der Waals surface area contributed by atoms with Crippen molar-refractivity contribution in [2.45, 2.75) is 90.8 Å². The summed E-state index contributed by atoms with van der Waals surface area (Å²) < 4.78 is 86.2. The van der Waals surface area contributed by atoms with E-state index in [1.807, 2.05) is 36.1 Å². The lowest BCUT2D eigenvalue weighted by Gasteiger charge is -2.34. The zero-order chi connectivity index (χ0) is 44.7. The van der Waals surface area contributed by atoms with E-state index in [9.17, 15) is 4.79 Å². The van der Waals surface area contributed by atoms with Crippen molar-refractivity contribution < 1.29 is 41.3 Å². The number of amides is 1. The fourth-order valence-electron chi connectivity index (χ4n) is 8.11. The van der Waals surface area contributed by atoms with Gasteiger partial charge in [-0.2, -0.15) is 18.2 Å². The molecule has 0 spiro atoms. The van der Waals surface area contributed by atoms with Crippen molar-refractivity contribution in [3.05, 3.63) is 93.0 Å². The maximum absolute atomic E-state index is 17.5. The van der Waals surface area contributed by atoms with Crippen LogP contribution in [-0.2, 0) is 24.0 Å². The molecule has 2 atom stereocenters. The van der Waals surface area contributed by atoms with Gasteiger partial charge in [-0.25, -0.2) is 19.2 Å². The lowest BCUT2D eigenvalue weighted by atomic mass is 9.98. The third-order valence-corrected chi connectivity index (χ3v) is 11.5. The number of ether oxygens (including phenoxy) is 4. The van der Waals surface area contributed by atoms with E-state index >= 15 is 17.6 Å². The number of rotatable bonds is 10. The highest BCUT2D eigenvalue weighted by Gasteiger charge is 2.42. The number of aromatic nitrogens is 3. The SMILES string of the molecule is CCC[C@@H]1CN2c3nc(Cl)nc4c(F)c(-c5nc(N(Cc6ccc(OC)cc6)Cc6ccc(OC)cc6)cc(C)c5C(F)(F)F)c(Cl)c(c34)OC[C@@H]2CCN1C(=O)OC(C)(C)C. The molecule has 1 saturated heterocycles. The molecular formula is C45H48Cl2F4N6O5. The standard InChI is InChI=1S/C45H48Cl2F4N6O5/c1-8-9-28-23-57-29(18-19-56(28)43(58)62-44(3,4)5)24-61-40-34-39(53-42(47)54-41(34)57)37(48)33(36(40)46)38-35(45(49,50)51)25(2)20-32(52-38)55(21-26-10-14-30(59-6)15-11-26)22-27-12-16-31(60-7)17-13-27/h10-17,20,28-29H,8-9,18-19,21-24H2,1-7H3/t28-,29+/m1/s1. The first-order valence-electron chi connectivity index (χ1n) is 20.3. The maximum atomic E-state index is 17.5. The summed E-state index contributed by atoms with van der Waals surface area (Å²) in [6.45, 7) is 9.67. The minimum atomic E-state index is -4.98. The van der Waals surface area contributed by atoms with Gasteiger partial charge >= 0.3 is 12.3 Å². The summed E-state index contributed by atoms with van der Waals surface area (Å²) in [5, 5.41) is -0.719. The molecule has 0 N–H and O–H groups in total. The number of alkyl halides is 3. The molecule has 0 saturated carbocycles. The molecular weight excluding hydrogens is 851 g/mol. The Labute approximate surface area is 367 Å². The first kappa shape index (κ1) is 44.8. The zero-order valence-electron chi connectivity index (χ0n) is 35.5. The minimum Gasteiger partial charge on any atom is -0.497 e. The molecule has 2 aliphatic heterocycles. The van der Waals surface area contributed by atoms with E-state index in [1.54, 1.807) is 69.1 Å². The summed E-state index contributed by atoms with van der Waals surface area (Å²) in [5.41, 5.74) is -2.25. The third-order valence-electron chi connectivity index (χ3n) is 11.0. The normalized spacial score (nSPS) is 16.6. The number of pyridine rings is 1. The van der Waals surface area contributed by atoms with Crippen LogP contribution in [0, 0.1) is 12.7 Å². The molecule has 2 aromatic heterocycles. The highest BCUT2D eigenvalue weighted by molar-refractivity contribution is 6.37. The molecule has 5 aromatic rings. The Morgan fingerprint density at radius 1 is 0.952 bits per heavy atom. The van der Waals surface area contributed by atoms with Crippen molar-refractivity contribution in [2.24, 2.45) is 0 Å². The lowest BCUT2D eigenvalue weighted by molar-refractivity contribution is -0.137. The van der Waals surface area contributed by atoms with Gasteiger partial charge in [0, 0.05) is 26.2 Å². The second kappa shape index (κ2) is 17.8. The molecule has 1 amide bonds. The van der Waals surface area contributed by atoms with Crippen LogP contribution in [0.1, 0.15) is 69.2 Å². The van der Waals surface area contributed by atoms with Gasteiger partial charge in [0.15, 0.2) is 11.6 Å². The van der Waals surface area contributed by atoms with Gasteiger partial charge in [0.05, 0.1) is 53.5 Å². The highest BCUT2D eigenvalue weighted by atomic mass is 35.5. The minimum absolute atomic E-state index is 0.0228. The van der Waals surface area contributed by atoms with Crippen LogP contribution in [0.4, 0.5) is 34.0 Å². The van der Waals surface area contributed by atoms with Crippen LogP contribution in [0.2, 0.25) is 10.3 Å². The molecule has 330 valence electrons. The summed E-state index contributed by atoms with van der Waals surface area (Å²) in [6.07, 6.45) is -3.70. The summed E-state index contributed by atoms with van der Waals surface area (Å²) in [6, 6.07) is 15.1. The number of methoxy groups -OCH3 is 2. The van der Waals surface area contributed by atoms with Crippen LogP contribution in [0.5, 0.6) is 17.2 Å². The van der Waals surface area contributed by atoms with Crippen LogP contribution in [0.3, 0.4) is 0 Å². The van der Waals surface area contributed by atoms with Gasteiger partial charge in [-0.3, -0.25) is 0 Å². The number of benzene rings is 3. The molecule has 3 aromatic carbocycles. The number of nitrogens with zero attached hydrogens (tertiary/aromatic N) is 6. The van der Waals surface area contributed by atoms with E-state index in [4.69, 9.17) is 42.1 Å². The maximum Gasteiger partial charge on any atom is 0.418 e. The van der Waals surface area contributed by atoms with E-state index in [-0.39, 0.29) is 71.4 Å². The number of anilines is 2. The van der Waals surface area contributed by atoms with Crippen molar-refractivity contribution in [3.8, 4) is 28.5 Å². The largest absolute Gasteiger partial charge is 0.497 e. The fraction of sp³-hybridized carbons (Fsp3) is 0.422. The lowest BCUT2D eigenvalue weighted by Crippen LogP contribution is -2.47. The van der Waals surface area contributed by atoms with E-state index in [0.717, 1.165) is 17.5 Å². The van der Waals surface area contributed by atoms with E-state index < -0.39 is 51.6 Å². The molecule has 1 fully saturated rings. The number of hydrogen-bond acceptors (Lipinski definition) is 10. The van der Waals surface area contributed by atoms with Crippen LogP contribution in [0.25, 0.3) is 22.2 Å². The zero-order valence-corrected chi connectivity index (χ0v) is 37.0. The number of fused-ring (bicyclic) bond motifs is 2. The monoisotopic (exact) mass is 898 g/mol. The van der Waals surface area contributed by atoms with E-state index in [2.05, 4.69) is 15.0 Å². The number of hydrogen-bond donors (Lipinski definition) is 0. The molecule has 4 heterocycles. The van der Waals surface area contributed by atoms with Gasteiger partial charge in [-0.15, -0.1) is 0 Å². The molecule has 0 aliphatic carbocycles. The fourth-order valence-corrected chi connectivity index (χ4v) is 8.60. The van der Waals surface area contributed by atoms with Crippen molar-refractivity contribution in [1.82, 2.24) is 19.9 Å². The summed E-state index contributed by atoms with van der Waals surface area (Å²) >= 11 is 13.7. The first-order chi connectivity index (χ1) is 29.4. The van der Waals surface area contributed by atoms with Crippen LogP contribution in [0.15, 0.2) is 54.6 Å². The predicted octanol–water partition coefficient (Wildman–Crippen LogP) is 11.1. The number of carbonyl (C=O) groups is 1. The summed E-state index contributed by atoms with van der Waals surface area (Å²) in [5.74, 6) is 0.309. The summed E-state index contributed by atoms with van der Waals surface area (Å²) in [4.78, 5) is 32.3. The summed E-state index contributed by atoms with van der Waals surface area (Å²) in [7, 11) is 3.10. The van der Waals surface area contributed by atoms with Crippen LogP contribution < -0.4 is 24.0 Å². The molecule has 62 heavy (non-hydrogen) atoms. The second-order valence-electron chi connectivity index (χ2n) is 16.5. The Hall–Kier alpha value is -5.28. The second-order valence-corrected chi connectivity index (χ2v) is 17.2. The number of aryl methyl sites for hydroxylation is 1. The van der Waals surface area contributed by atoms with Crippen molar-refractivity contribution >= 4 is 51.8 Å². The van der Waals surface area contributed by atoms with E-state index in [1.165, 1.54) is 13.0 Å². The molecule has 11 nitrogen and oxygen atoms in total. The van der Waals surface area contributed by atoms with Crippen LogP contribution >= 0.6 is 23.2 Å². The quantitative estimate of drug-likeness (QED) is 0.0994. The van der Waals surface area contributed by atoms with Gasteiger partial charge in [-0.1, -0.05) is 49.2 Å². The number of halogens is 6. The third kappa shape index (κ3) is 9.24. The molecule has 17 heteroatoms. The van der Waals surface area contributed by atoms with Crippen LogP contribution in [-0.4, -0.2) is 77.5 Å². The molecule has 2 aliphatic rings. The van der Waals surface area contributed by atoms with Gasteiger partial charge in [-0.05, 0) is 99.2 Å². The number of carbonyl (C=O) groups excluding carboxylic acids is 1. The Kier molecular flexibility index (Phi) is 12.9. The smallest absolute Gasteiger partial charge is 0.418 e. The average Bonchev–Trinajstić information content (AvgIpc) is 3.48. The molecule has 0 bridgehead atoms. The Balaban J connectivity index is 1.39. The highest BCUT2D eigenvalue weighted by Crippen LogP contribution is 2.51.